The molecule has 2 heteroatoms. The van der Waals surface area contributed by atoms with Crippen molar-refractivity contribution in [2.24, 2.45) is 0 Å². The van der Waals surface area contributed by atoms with Gasteiger partial charge in [-0.05, 0) is 20.1 Å². The highest BCUT2D eigenvalue weighted by molar-refractivity contribution is 4.49. The fourth-order valence-corrected chi connectivity index (χ4v) is 0.605. The van der Waals surface area contributed by atoms with Crippen LogP contribution in [0.25, 0.3) is 0 Å². The predicted octanol–water partition coefficient (Wildman–Crippen LogP) is 0.548. The zero-order valence-corrected chi connectivity index (χ0v) is 6.78. The number of rotatable bonds is 5. The molecule has 0 aliphatic heterocycles. The van der Waals surface area contributed by atoms with Crippen LogP contribution in [-0.2, 0) is 0 Å². The van der Waals surface area contributed by atoms with E-state index in [4.69, 9.17) is 0 Å². The van der Waals surface area contributed by atoms with E-state index in [1.54, 1.807) is 0 Å². The Labute approximate surface area is 58.2 Å². The Morgan fingerprint density at radius 3 is 2.44 bits per heavy atom. The van der Waals surface area contributed by atoms with Gasteiger partial charge in [0.2, 0.25) is 0 Å². The van der Waals surface area contributed by atoms with E-state index < -0.39 is 0 Å². The van der Waals surface area contributed by atoms with E-state index in [-0.39, 0.29) is 0 Å². The number of nitrogens with zero attached hydrogens (tertiary/aromatic N) is 1. The topological polar surface area (TPSA) is 15.3 Å². The molecule has 0 bridgehead atoms. The number of hydrogen-bond acceptors (Lipinski definition) is 2. The molecule has 0 heterocycles. The maximum Gasteiger partial charge on any atom is 0.0104 e. The Morgan fingerprint density at radius 2 is 2.00 bits per heavy atom. The summed E-state index contributed by atoms with van der Waals surface area (Å²) in [6.45, 7) is 8.80. The van der Waals surface area contributed by atoms with E-state index in [0.29, 0.717) is 0 Å². The smallest absolute Gasteiger partial charge is 0.0104 e. The van der Waals surface area contributed by atoms with Crippen molar-refractivity contribution in [3.63, 3.8) is 0 Å². The number of likely N-dealkylation sites (N-methyl/N-ethyl adjacent to an activating group) is 2. The lowest BCUT2D eigenvalue weighted by Crippen LogP contribution is -2.28. The minimum atomic E-state index is 1.08. The third kappa shape index (κ3) is 5.80. The van der Waals surface area contributed by atoms with Crippen LogP contribution in [0.3, 0.4) is 0 Å². The molecule has 0 aromatic carbocycles. The third-order valence-corrected chi connectivity index (χ3v) is 1.46. The fraction of sp³-hybridized carbons (Fsp3) is 1.00. The molecular formula is C7H18N2. The van der Waals surface area contributed by atoms with Crippen LogP contribution in [0.15, 0.2) is 0 Å². The van der Waals surface area contributed by atoms with Gasteiger partial charge in [-0.3, -0.25) is 0 Å². The van der Waals surface area contributed by atoms with Crippen LogP contribution in [0, 0.1) is 0 Å². The Balaban J connectivity index is 2.88. The molecule has 0 saturated heterocycles. The summed E-state index contributed by atoms with van der Waals surface area (Å²) in [7, 11) is 2.14. The van der Waals surface area contributed by atoms with Gasteiger partial charge in [0, 0.05) is 13.1 Å². The van der Waals surface area contributed by atoms with Gasteiger partial charge in [-0.1, -0.05) is 13.8 Å². The van der Waals surface area contributed by atoms with Gasteiger partial charge in [-0.25, -0.2) is 0 Å². The monoisotopic (exact) mass is 130 g/mol. The molecule has 0 aromatic heterocycles. The zero-order chi connectivity index (χ0) is 7.11. The molecule has 56 valence electrons. The Bertz CT molecular complexity index is 54.9. The van der Waals surface area contributed by atoms with E-state index in [0.717, 1.165) is 26.2 Å². The van der Waals surface area contributed by atoms with Crippen molar-refractivity contribution in [3.8, 4) is 0 Å². The summed E-state index contributed by atoms with van der Waals surface area (Å²) in [5.74, 6) is 0. The van der Waals surface area contributed by atoms with Crippen LogP contribution in [0.1, 0.15) is 13.8 Å². The van der Waals surface area contributed by atoms with E-state index >= 15 is 0 Å². The Hall–Kier alpha value is -0.0800. The van der Waals surface area contributed by atoms with Crippen LogP contribution in [-0.4, -0.2) is 38.1 Å². The lowest BCUT2D eigenvalue weighted by Gasteiger charge is -2.12. The van der Waals surface area contributed by atoms with Gasteiger partial charge in [0.25, 0.3) is 0 Å². The second-order valence-electron chi connectivity index (χ2n) is 2.25. The lowest BCUT2D eigenvalue weighted by atomic mass is 10.5. The van der Waals surface area contributed by atoms with Crippen molar-refractivity contribution < 1.29 is 0 Å². The molecule has 0 saturated carbocycles. The van der Waals surface area contributed by atoms with Crippen LogP contribution < -0.4 is 5.32 Å². The first-order valence-corrected chi connectivity index (χ1v) is 3.70. The molecule has 0 aliphatic carbocycles. The average molecular weight is 130 g/mol. The summed E-state index contributed by atoms with van der Waals surface area (Å²) in [6, 6.07) is 0. The molecule has 0 radical (unpaired) electrons. The molecule has 9 heavy (non-hydrogen) atoms. The Kier molecular flexibility index (Phi) is 5.99. The maximum atomic E-state index is 3.27. The minimum absolute atomic E-state index is 1.08. The van der Waals surface area contributed by atoms with Crippen molar-refractivity contribution >= 4 is 0 Å². The molecule has 0 atom stereocenters. The second kappa shape index (κ2) is 6.05. The van der Waals surface area contributed by atoms with Gasteiger partial charge in [0.1, 0.15) is 0 Å². The van der Waals surface area contributed by atoms with Crippen molar-refractivity contribution in [2.75, 3.05) is 33.2 Å². The van der Waals surface area contributed by atoms with E-state index in [1.165, 1.54) is 0 Å². The van der Waals surface area contributed by atoms with Gasteiger partial charge in [0.05, 0.1) is 0 Å². The van der Waals surface area contributed by atoms with Crippen molar-refractivity contribution in [1.29, 1.82) is 0 Å². The minimum Gasteiger partial charge on any atom is -0.316 e. The molecule has 0 unspecified atom stereocenters. The first-order valence-electron chi connectivity index (χ1n) is 3.70. The van der Waals surface area contributed by atoms with Gasteiger partial charge in [-0.2, -0.15) is 0 Å². The first kappa shape index (κ1) is 8.92. The van der Waals surface area contributed by atoms with Gasteiger partial charge in [-0.15, -0.1) is 0 Å². The van der Waals surface area contributed by atoms with Gasteiger partial charge >= 0.3 is 0 Å². The highest BCUT2D eigenvalue weighted by Crippen LogP contribution is 1.76. The molecule has 0 aliphatic rings. The zero-order valence-electron chi connectivity index (χ0n) is 6.78. The van der Waals surface area contributed by atoms with E-state index in [2.05, 4.69) is 31.1 Å². The highest BCUT2D eigenvalue weighted by atomic mass is 15.1. The van der Waals surface area contributed by atoms with Crippen molar-refractivity contribution in [3.05, 3.63) is 0 Å². The maximum absolute atomic E-state index is 3.27. The summed E-state index contributed by atoms with van der Waals surface area (Å²) >= 11 is 0. The SMILES string of the molecule is CCNCCN(C)CC. The van der Waals surface area contributed by atoms with Crippen LogP contribution in [0.2, 0.25) is 0 Å². The summed E-state index contributed by atoms with van der Waals surface area (Å²) in [5, 5.41) is 3.27. The highest BCUT2D eigenvalue weighted by Gasteiger charge is 1.90. The summed E-state index contributed by atoms with van der Waals surface area (Å²) in [5.41, 5.74) is 0. The van der Waals surface area contributed by atoms with Crippen molar-refractivity contribution in [1.82, 2.24) is 10.2 Å². The lowest BCUT2D eigenvalue weighted by molar-refractivity contribution is 0.350. The standard InChI is InChI=1S/C7H18N2/c1-4-8-6-7-9(3)5-2/h8H,4-7H2,1-3H3. The van der Waals surface area contributed by atoms with Crippen molar-refractivity contribution in [2.45, 2.75) is 13.8 Å². The third-order valence-electron chi connectivity index (χ3n) is 1.46. The van der Waals surface area contributed by atoms with Gasteiger partial charge < -0.3 is 10.2 Å². The fourth-order valence-electron chi connectivity index (χ4n) is 0.605. The molecule has 0 amide bonds. The summed E-state index contributed by atoms with van der Waals surface area (Å²) < 4.78 is 0. The molecule has 0 aromatic rings. The van der Waals surface area contributed by atoms with Gasteiger partial charge in [0.15, 0.2) is 0 Å². The summed E-state index contributed by atoms with van der Waals surface area (Å²) in [4.78, 5) is 2.29. The molecule has 1 N–H and O–H groups in total. The molecule has 0 rings (SSSR count). The second-order valence-corrected chi connectivity index (χ2v) is 2.25. The molecule has 0 spiro atoms. The summed E-state index contributed by atoms with van der Waals surface area (Å²) in [6.07, 6.45) is 0. The van der Waals surface area contributed by atoms with E-state index in [9.17, 15) is 0 Å². The predicted molar refractivity (Wildman–Crippen MR) is 41.7 cm³/mol. The quantitative estimate of drug-likeness (QED) is 0.547. The number of hydrogen-bond donors (Lipinski definition) is 1. The number of nitrogens with one attached hydrogen (secondary N) is 1. The molecule has 2 nitrogen and oxygen atoms in total. The largest absolute Gasteiger partial charge is 0.316 e. The van der Waals surface area contributed by atoms with Crippen LogP contribution in [0.4, 0.5) is 0 Å². The Morgan fingerprint density at radius 1 is 1.33 bits per heavy atom. The molecular weight excluding hydrogens is 112 g/mol. The van der Waals surface area contributed by atoms with Crippen LogP contribution >= 0.6 is 0 Å². The van der Waals surface area contributed by atoms with E-state index in [1.807, 2.05) is 0 Å². The molecule has 0 fully saturated rings. The average Bonchev–Trinajstić information content (AvgIpc) is 1.89. The van der Waals surface area contributed by atoms with Crippen LogP contribution in [0.5, 0.6) is 0 Å². The normalized spacial score (nSPS) is 10.7. The first-order chi connectivity index (χ1) is 4.31.